The molecule has 3 N–H and O–H groups in total. The summed E-state index contributed by atoms with van der Waals surface area (Å²) in [5.41, 5.74) is 1.06. The van der Waals surface area contributed by atoms with Crippen molar-refractivity contribution in [1.82, 2.24) is 5.32 Å². The lowest BCUT2D eigenvalue weighted by molar-refractivity contribution is -0.929. The minimum absolute atomic E-state index is 0.0350. The highest BCUT2D eigenvalue weighted by atomic mass is 17.2. The fourth-order valence-electron chi connectivity index (χ4n) is 6.30. The minimum Gasteiger partial charge on any atom is -0.508 e. The number of phenolic OH excluding ortho intramolecular Hbond substituents is 1. The summed E-state index contributed by atoms with van der Waals surface area (Å²) in [5, 5.41) is 23.0. The summed E-state index contributed by atoms with van der Waals surface area (Å²) in [4.78, 5) is 9.97. The molecule has 1 unspecified atom stereocenters. The van der Waals surface area contributed by atoms with Gasteiger partial charge in [0.15, 0.2) is 0 Å². The van der Waals surface area contributed by atoms with Crippen LogP contribution in [0.1, 0.15) is 135 Å². The number of ether oxygens (including phenoxy) is 1. The molecule has 0 amide bonds. The number of hydrogen-bond donors (Lipinski definition) is 3. The van der Waals surface area contributed by atoms with Gasteiger partial charge in [-0.2, -0.15) is 0 Å². The fraction of sp³-hybridized carbons (Fsp3) is 0.842. The first kappa shape index (κ1) is 41.8. The van der Waals surface area contributed by atoms with E-state index < -0.39 is 0 Å². The average Bonchev–Trinajstić information content (AvgIpc) is 3.05. The zero-order valence-corrected chi connectivity index (χ0v) is 29.8. The summed E-state index contributed by atoms with van der Waals surface area (Å²) in [6.07, 6.45) is 22.7. The second-order valence-electron chi connectivity index (χ2n) is 13.1. The maximum absolute atomic E-state index is 10.3. The molecule has 1 atom stereocenters. The first-order valence-electron chi connectivity index (χ1n) is 18.9. The maximum atomic E-state index is 10.3. The van der Waals surface area contributed by atoms with Gasteiger partial charge in [-0.1, -0.05) is 96.8 Å². The maximum Gasteiger partial charge on any atom is 0.118 e. The van der Waals surface area contributed by atoms with Crippen LogP contribution in [-0.4, -0.2) is 86.5 Å². The van der Waals surface area contributed by atoms with Crippen LogP contribution in [0.25, 0.3) is 0 Å². The molecule has 264 valence electrons. The van der Waals surface area contributed by atoms with E-state index in [1.807, 2.05) is 18.2 Å². The van der Waals surface area contributed by atoms with Crippen molar-refractivity contribution in [2.75, 3.05) is 65.8 Å². The lowest BCUT2D eigenvalue weighted by Gasteiger charge is -2.39. The number of hydrogen-bond acceptors (Lipinski definition) is 6. The molecule has 0 aliphatic carbocycles. The first-order chi connectivity index (χ1) is 22.1. The van der Waals surface area contributed by atoms with Crippen molar-refractivity contribution in [2.24, 2.45) is 0 Å². The molecule has 0 saturated carbocycles. The molecule has 0 aromatic heterocycles. The van der Waals surface area contributed by atoms with Crippen LogP contribution in [0.15, 0.2) is 24.3 Å². The third-order valence-electron chi connectivity index (χ3n) is 9.11. The van der Waals surface area contributed by atoms with Gasteiger partial charge in [0.2, 0.25) is 0 Å². The van der Waals surface area contributed by atoms with Crippen LogP contribution in [0.4, 0.5) is 0 Å². The number of aliphatic hydroxyl groups is 1. The van der Waals surface area contributed by atoms with Crippen LogP contribution >= 0.6 is 0 Å². The summed E-state index contributed by atoms with van der Waals surface area (Å²) < 4.78 is 7.18. The van der Waals surface area contributed by atoms with Gasteiger partial charge >= 0.3 is 0 Å². The smallest absolute Gasteiger partial charge is 0.118 e. The van der Waals surface area contributed by atoms with Crippen molar-refractivity contribution in [1.29, 1.82) is 0 Å². The summed E-state index contributed by atoms with van der Waals surface area (Å²) in [6.45, 7) is 14.6. The number of benzene rings is 1. The van der Waals surface area contributed by atoms with Crippen LogP contribution in [0.3, 0.4) is 0 Å². The van der Waals surface area contributed by atoms with Crippen molar-refractivity contribution < 1.29 is 29.2 Å². The normalized spacial score (nSPS) is 12.6. The Kier molecular flexibility index (Phi) is 28.0. The quantitative estimate of drug-likeness (QED) is 0.0305. The van der Waals surface area contributed by atoms with E-state index >= 15 is 0 Å². The van der Waals surface area contributed by atoms with E-state index in [1.54, 1.807) is 0 Å². The Morgan fingerprint density at radius 2 is 1.22 bits per heavy atom. The van der Waals surface area contributed by atoms with Crippen LogP contribution in [-0.2, 0) is 20.9 Å². The fourth-order valence-corrected chi connectivity index (χ4v) is 6.30. The molecular weight excluding hydrogens is 564 g/mol. The number of para-hydroxylation sites is 1. The van der Waals surface area contributed by atoms with Gasteiger partial charge in [-0.25, -0.2) is 9.78 Å². The minimum atomic E-state index is -0.0350. The number of quaternary nitrogens is 1. The van der Waals surface area contributed by atoms with Gasteiger partial charge in [0, 0.05) is 6.04 Å². The topological polar surface area (TPSA) is 80.2 Å². The van der Waals surface area contributed by atoms with Crippen LogP contribution in [0.2, 0.25) is 0 Å². The van der Waals surface area contributed by atoms with Crippen molar-refractivity contribution >= 4 is 0 Å². The van der Waals surface area contributed by atoms with Crippen molar-refractivity contribution in [3.05, 3.63) is 29.8 Å². The van der Waals surface area contributed by atoms with E-state index in [2.05, 4.69) is 32.2 Å². The lowest BCUT2D eigenvalue weighted by Crippen LogP contribution is -2.52. The molecule has 0 aliphatic heterocycles. The number of aromatic hydroxyl groups is 1. The molecule has 1 rings (SSSR count). The van der Waals surface area contributed by atoms with E-state index in [-0.39, 0.29) is 13.2 Å². The number of phenols is 1. The highest BCUT2D eigenvalue weighted by Crippen LogP contribution is 2.20. The number of nitrogens with zero attached hydrogens (tertiary/aromatic N) is 1. The molecule has 0 fully saturated rings. The number of nitrogens with one attached hydrogen (secondary N) is 1. The zero-order chi connectivity index (χ0) is 32.7. The molecule has 0 bridgehead atoms. The van der Waals surface area contributed by atoms with Gasteiger partial charge < -0.3 is 24.7 Å². The number of aliphatic hydroxyl groups excluding tert-OH is 1. The molecule has 0 saturated heterocycles. The standard InChI is InChI=1S/C38H72N2O5/c1-4-7-10-15-23-37(35-36-22-16-17-24-38(36)42)39-25-18-13-14-21-28-40(26-19-11-8-5-2,27-20-12-9-6-3)29-31-43-33-34-45-44-32-30-41/h16-17,22,24,37,39,41H,4-15,18-21,23,25-35H2,1-3H3/p+1. The Labute approximate surface area is 277 Å². The third kappa shape index (κ3) is 22.9. The molecule has 45 heavy (non-hydrogen) atoms. The number of unbranched alkanes of at least 4 members (excludes halogenated alkanes) is 12. The Balaban J connectivity index is 2.58. The lowest BCUT2D eigenvalue weighted by atomic mass is 9.99. The summed E-state index contributed by atoms with van der Waals surface area (Å²) in [5.74, 6) is 0.426. The second-order valence-corrected chi connectivity index (χ2v) is 13.1. The van der Waals surface area contributed by atoms with Crippen molar-refractivity contribution in [3.8, 4) is 5.75 Å². The van der Waals surface area contributed by atoms with E-state index in [0.717, 1.165) is 31.7 Å². The molecule has 7 heteroatoms. The highest BCUT2D eigenvalue weighted by Gasteiger charge is 2.26. The van der Waals surface area contributed by atoms with Gasteiger partial charge in [0.05, 0.1) is 39.5 Å². The second kappa shape index (κ2) is 30.1. The predicted octanol–water partition coefficient (Wildman–Crippen LogP) is 8.36. The summed E-state index contributed by atoms with van der Waals surface area (Å²) in [7, 11) is 0. The van der Waals surface area contributed by atoms with Crippen molar-refractivity contribution in [2.45, 2.75) is 142 Å². The Hall–Kier alpha value is -1.22. The Morgan fingerprint density at radius 3 is 1.84 bits per heavy atom. The SMILES string of the molecule is CCCCCCC(Cc1ccccc1O)NCCCCCC[N+](CCCCCC)(CCCCCC)CCOCCOOCCO. The zero-order valence-electron chi connectivity index (χ0n) is 29.8. The van der Waals surface area contributed by atoms with Crippen LogP contribution in [0.5, 0.6) is 5.75 Å². The van der Waals surface area contributed by atoms with Gasteiger partial charge in [0.1, 0.15) is 25.5 Å². The predicted molar refractivity (Wildman–Crippen MR) is 189 cm³/mol. The molecule has 7 nitrogen and oxygen atoms in total. The molecule has 0 spiro atoms. The molecule has 1 aromatic rings. The Bertz CT molecular complexity index is 753. The van der Waals surface area contributed by atoms with Crippen molar-refractivity contribution in [3.63, 3.8) is 0 Å². The summed E-state index contributed by atoms with van der Waals surface area (Å²) >= 11 is 0. The summed E-state index contributed by atoms with van der Waals surface area (Å²) in [6, 6.07) is 8.25. The molecular formula is C38H73N2O5+. The monoisotopic (exact) mass is 638 g/mol. The third-order valence-corrected chi connectivity index (χ3v) is 9.11. The largest absolute Gasteiger partial charge is 0.508 e. The number of rotatable bonds is 34. The molecule has 0 radical (unpaired) electrons. The van der Waals surface area contributed by atoms with E-state index in [4.69, 9.17) is 19.6 Å². The van der Waals surface area contributed by atoms with Gasteiger partial charge in [-0.15, -0.1) is 0 Å². The first-order valence-corrected chi connectivity index (χ1v) is 18.9. The molecule has 0 aliphatic rings. The molecule has 1 aromatic carbocycles. The highest BCUT2D eigenvalue weighted by molar-refractivity contribution is 5.32. The van der Waals surface area contributed by atoms with Gasteiger partial charge in [-0.3, -0.25) is 0 Å². The Morgan fingerprint density at radius 1 is 0.644 bits per heavy atom. The van der Waals surface area contributed by atoms with E-state index in [1.165, 1.54) is 133 Å². The molecule has 0 heterocycles. The van der Waals surface area contributed by atoms with E-state index in [9.17, 15) is 5.11 Å². The van der Waals surface area contributed by atoms with Crippen LogP contribution in [0, 0.1) is 0 Å². The average molecular weight is 638 g/mol. The van der Waals surface area contributed by atoms with Crippen LogP contribution < -0.4 is 5.32 Å². The van der Waals surface area contributed by atoms with Gasteiger partial charge in [0.25, 0.3) is 0 Å². The van der Waals surface area contributed by atoms with Gasteiger partial charge in [-0.05, 0) is 76.0 Å². The van der Waals surface area contributed by atoms with E-state index in [0.29, 0.717) is 25.0 Å².